The zero-order valence-electron chi connectivity index (χ0n) is 9.91. The van der Waals surface area contributed by atoms with Crippen LogP contribution in [-0.2, 0) is 0 Å². The molecule has 9 heteroatoms. The predicted molar refractivity (Wildman–Crippen MR) is 67.5 cm³/mol. The van der Waals surface area contributed by atoms with Crippen LogP contribution in [0, 0.1) is 15.9 Å². The maximum absolute atomic E-state index is 13.3. The van der Waals surface area contributed by atoms with E-state index in [9.17, 15) is 19.3 Å². The Morgan fingerprint density at radius 3 is 2.80 bits per heavy atom. The Labute approximate surface area is 111 Å². The van der Waals surface area contributed by atoms with Crippen molar-refractivity contribution in [2.24, 2.45) is 0 Å². The lowest BCUT2D eigenvalue weighted by Gasteiger charge is -2.07. The molecule has 0 aliphatic heterocycles. The molecule has 0 saturated carbocycles. The van der Waals surface area contributed by atoms with E-state index in [2.05, 4.69) is 15.5 Å². The highest BCUT2D eigenvalue weighted by Crippen LogP contribution is 2.27. The highest BCUT2D eigenvalue weighted by atomic mass is 19.1. The summed E-state index contributed by atoms with van der Waals surface area (Å²) in [6.45, 7) is 0. The summed E-state index contributed by atoms with van der Waals surface area (Å²) in [5.74, 6) is -1.63. The van der Waals surface area contributed by atoms with Crippen molar-refractivity contribution in [3.8, 4) is 0 Å². The number of halogens is 1. The van der Waals surface area contributed by atoms with Crippen molar-refractivity contribution >= 4 is 23.1 Å². The average molecular weight is 277 g/mol. The largest absolute Gasteiger partial charge is 0.393 e. The number of nitro groups is 1. The minimum absolute atomic E-state index is 0.115. The molecule has 0 aliphatic rings. The van der Waals surface area contributed by atoms with Crippen LogP contribution in [0.25, 0.3) is 0 Å². The molecule has 0 atom stereocenters. The molecular formula is C11H8FN5O3. The summed E-state index contributed by atoms with van der Waals surface area (Å²) in [4.78, 5) is 21.8. The number of carbonyl (C=O) groups excluding carboxylic acids is 1. The van der Waals surface area contributed by atoms with Crippen molar-refractivity contribution in [2.75, 3.05) is 11.1 Å². The molecule has 0 unspecified atom stereocenters. The molecule has 0 saturated heterocycles. The fourth-order valence-corrected chi connectivity index (χ4v) is 1.49. The van der Waals surface area contributed by atoms with Crippen molar-refractivity contribution in [2.45, 2.75) is 0 Å². The second-order valence-electron chi connectivity index (χ2n) is 3.71. The van der Waals surface area contributed by atoms with Gasteiger partial charge in [0.1, 0.15) is 11.5 Å². The number of aromatic nitrogens is 2. The van der Waals surface area contributed by atoms with Gasteiger partial charge >= 0.3 is 0 Å². The Hall–Kier alpha value is -3.10. The summed E-state index contributed by atoms with van der Waals surface area (Å²) >= 11 is 0. The number of nitrogens with one attached hydrogen (secondary N) is 1. The van der Waals surface area contributed by atoms with Gasteiger partial charge in [-0.2, -0.15) is 5.10 Å². The van der Waals surface area contributed by atoms with E-state index in [4.69, 9.17) is 5.73 Å². The predicted octanol–water partition coefficient (Wildman–Crippen LogP) is 1.36. The number of nitrogen functional groups attached to an aromatic ring is 1. The van der Waals surface area contributed by atoms with Gasteiger partial charge in [0.15, 0.2) is 5.82 Å². The van der Waals surface area contributed by atoms with E-state index < -0.39 is 28.0 Å². The normalized spacial score (nSPS) is 10.1. The summed E-state index contributed by atoms with van der Waals surface area (Å²) in [6, 6.07) is 4.44. The van der Waals surface area contributed by atoms with Crippen LogP contribution in [0.5, 0.6) is 0 Å². The maximum Gasteiger partial charge on any atom is 0.295 e. The topological polar surface area (TPSA) is 124 Å². The third-order valence-corrected chi connectivity index (χ3v) is 2.38. The fourth-order valence-electron chi connectivity index (χ4n) is 1.49. The standard InChI is InChI=1S/C11H8FN5O3/c12-6-4-7(10(13)8(5-6)17(19)20)11(18)15-9-2-1-3-14-16-9/h1-5H,13H2,(H,15,16,18). The number of nitro benzene ring substituents is 1. The van der Waals surface area contributed by atoms with Crippen LogP contribution in [0.3, 0.4) is 0 Å². The van der Waals surface area contributed by atoms with Crippen LogP contribution in [0.15, 0.2) is 30.5 Å². The summed E-state index contributed by atoms with van der Waals surface area (Å²) < 4.78 is 13.3. The van der Waals surface area contributed by atoms with E-state index in [0.717, 1.165) is 6.07 Å². The Morgan fingerprint density at radius 2 is 2.20 bits per heavy atom. The van der Waals surface area contributed by atoms with Gasteiger partial charge in [-0.25, -0.2) is 4.39 Å². The van der Waals surface area contributed by atoms with Gasteiger partial charge in [-0.05, 0) is 18.2 Å². The van der Waals surface area contributed by atoms with Crippen LogP contribution in [0.4, 0.5) is 21.6 Å². The van der Waals surface area contributed by atoms with Gasteiger partial charge in [0.25, 0.3) is 11.6 Å². The molecule has 2 aromatic rings. The highest BCUT2D eigenvalue weighted by molar-refractivity contribution is 6.08. The van der Waals surface area contributed by atoms with Crippen molar-refractivity contribution in [3.05, 3.63) is 52.0 Å². The molecule has 0 radical (unpaired) electrons. The molecule has 8 nitrogen and oxygen atoms in total. The number of rotatable bonds is 3. The molecule has 20 heavy (non-hydrogen) atoms. The number of hydrogen-bond donors (Lipinski definition) is 2. The lowest BCUT2D eigenvalue weighted by molar-refractivity contribution is -0.384. The molecule has 0 fully saturated rings. The first-order valence-electron chi connectivity index (χ1n) is 5.31. The lowest BCUT2D eigenvalue weighted by Crippen LogP contribution is -2.16. The first-order chi connectivity index (χ1) is 9.49. The Balaban J connectivity index is 2.37. The van der Waals surface area contributed by atoms with Crippen LogP contribution in [0.2, 0.25) is 0 Å². The van der Waals surface area contributed by atoms with Gasteiger partial charge in [-0.3, -0.25) is 14.9 Å². The summed E-state index contributed by atoms with van der Waals surface area (Å²) in [7, 11) is 0. The third-order valence-electron chi connectivity index (χ3n) is 2.38. The number of benzene rings is 1. The van der Waals surface area contributed by atoms with E-state index in [1.165, 1.54) is 18.3 Å². The van der Waals surface area contributed by atoms with Gasteiger partial charge < -0.3 is 11.1 Å². The highest BCUT2D eigenvalue weighted by Gasteiger charge is 2.22. The van der Waals surface area contributed by atoms with Gasteiger partial charge in [0.05, 0.1) is 16.6 Å². The number of hydrogen-bond acceptors (Lipinski definition) is 6. The smallest absolute Gasteiger partial charge is 0.295 e. The average Bonchev–Trinajstić information content (AvgIpc) is 2.41. The van der Waals surface area contributed by atoms with Crippen LogP contribution < -0.4 is 11.1 Å². The van der Waals surface area contributed by atoms with Crippen LogP contribution in [-0.4, -0.2) is 21.0 Å². The van der Waals surface area contributed by atoms with Crippen molar-refractivity contribution in [1.82, 2.24) is 10.2 Å². The molecular weight excluding hydrogens is 269 g/mol. The Bertz CT molecular complexity index is 677. The fraction of sp³-hybridized carbons (Fsp3) is 0. The van der Waals surface area contributed by atoms with Gasteiger partial charge in [-0.15, -0.1) is 5.10 Å². The summed E-state index contributed by atoms with van der Waals surface area (Å²) in [5.41, 5.74) is 4.07. The first-order valence-corrected chi connectivity index (χ1v) is 5.31. The molecule has 1 aromatic carbocycles. The van der Waals surface area contributed by atoms with Gasteiger partial charge in [0.2, 0.25) is 0 Å². The number of amides is 1. The van der Waals surface area contributed by atoms with E-state index in [-0.39, 0.29) is 11.4 Å². The minimum Gasteiger partial charge on any atom is -0.393 e. The quantitative estimate of drug-likeness (QED) is 0.495. The Morgan fingerprint density at radius 1 is 1.45 bits per heavy atom. The lowest BCUT2D eigenvalue weighted by atomic mass is 10.1. The zero-order chi connectivity index (χ0) is 14.7. The molecule has 0 bridgehead atoms. The second kappa shape index (κ2) is 5.26. The van der Waals surface area contributed by atoms with E-state index >= 15 is 0 Å². The zero-order valence-corrected chi connectivity index (χ0v) is 9.91. The van der Waals surface area contributed by atoms with E-state index in [1.54, 1.807) is 0 Å². The molecule has 3 N–H and O–H groups in total. The molecule has 1 aromatic heterocycles. The summed E-state index contributed by atoms with van der Waals surface area (Å²) in [5, 5.41) is 20.2. The van der Waals surface area contributed by atoms with Crippen molar-refractivity contribution in [1.29, 1.82) is 0 Å². The van der Waals surface area contributed by atoms with Gasteiger partial charge in [-0.1, -0.05) is 0 Å². The number of nitrogens with zero attached hydrogens (tertiary/aromatic N) is 3. The third kappa shape index (κ3) is 2.66. The second-order valence-corrected chi connectivity index (χ2v) is 3.71. The van der Waals surface area contributed by atoms with Crippen LogP contribution >= 0.6 is 0 Å². The Kier molecular flexibility index (Phi) is 3.51. The van der Waals surface area contributed by atoms with Crippen molar-refractivity contribution < 1.29 is 14.1 Å². The first kappa shape index (κ1) is 13.3. The molecule has 2 rings (SSSR count). The number of anilines is 2. The molecule has 1 amide bonds. The van der Waals surface area contributed by atoms with Crippen LogP contribution in [0.1, 0.15) is 10.4 Å². The summed E-state index contributed by atoms with van der Waals surface area (Å²) in [6.07, 6.45) is 1.40. The van der Waals surface area contributed by atoms with E-state index in [0.29, 0.717) is 6.07 Å². The SMILES string of the molecule is Nc1c(C(=O)Nc2cccnn2)cc(F)cc1[N+](=O)[O-]. The number of carbonyl (C=O) groups is 1. The number of nitrogens with two attached hydrogens (primary N) is 1. The van der Waals surface area contributed by atoms with Crippen molar-refractivity contribution in [3.63, 3.8) is 0 Å². The van der Waals surface area contributed by atoms with E-state index in [1.807, 2.05) is 0 Å². The molecule has 0 spiro atoms. The minimum atomic E-state index is -0.935. The molecule has 1 heterocycles. The molecule has 102 valence electrons. The maximum atomic E-state index is 13.3. The molecule has 0 aliphatic carbocycles. The van der Waals surface area contributed by atoms with Gasteiger partial charge in [0, 0.05) is 6.20 Å². The monoisotopic (exact) mass is 277 g/mol.